The number of hydrogen-bond donors (Lipinski definition) is 3. The summed E-state index contributed by atoms with van der Waals surface area (Å²) < 4.78 is 1.70. The summed E-state index contributed by atoms with van der Waals surface area (Å²) in [6.07, 6.45) is 3.24. The molecule has 0 radical (unpaired) electrons. The summed E-state index contributed by atoms with van der Waals surface area (Å²) in [7, 11) is 0. The predicted octanol–water partition coefficient (Wildman–Crippen LogP) is 0.124. The highest BCUT2D eigenvalue weighted by Gasteiger charge is 2.22. The van der Waals surface area contributed by atoms with Crippen molar-refractivity contribution >= 4 is 0 Å². The summed E-state index contributed by atoms with van der Waals surface area (Å²) >= 11 is 0. The van der Waals surface area contributed by atoms with E-state index in [4.69, 9.17) is 5.11 Å². The van der Waals surface area contributed by atoms with E-state index in [0.29, 0.717) is 13.1 Å². The van der Waals surface area contributed by atoms with Gasteiger partial charge in [0.1, 0.15) is 0 Å². The third kappa shape index (κ3) is 3.59. The van der Waals surface area contributed by atoms with Crippen molar-refractivity contribution < 1.29 is 10.2 Å². The first kappa shape index (κ1) is 13.2. The van der Waals surface area contributed by atoms with Crippen molar-refractivity contribution in [3.8, 4) is 0 Å². The number of aliphatic hydroxyl groups excluding tert-OH is 2. The Bertz CT molecular complexity index is 321. The Morgan fingerprint density at radius 3 is 2.81 bits per heavy atom. The maximum Gasteiger partial charge on any atom is 0.0688 e. The average Bonchev–Trinajstić information content (AvgIpc) is 2.63. The molecule has 0 saturated heterocycles. The lowest BCUT2D eigenvalue weighted by Crippen LogP contribution is -2.47. The maximum atomic E-state index is 9.53. The number of nitrogens with zero attached hydrogens (tertiary/aromatic N) is 2. The van der Waals surface area contributed by atoms with E-state index in [-0.39, 0.29) is 12.1 Å². The lowest BCUT2D eigenvalue weighted by atomic mass is 9.99. The Morgan fingerprint density at radius 1 is 1.56 bits per heavy atom. The predicted molar refractivity (Wildman–Crippen MR) is 61.9 cm³/mol. The van der Waals surface area contributed by atoms with Gasteiger partial charge in [0.05, 0.1) is 25.5 Å². The molecule has 5 heteroatoms. The van der Waals surface area contributed by atoms with Crippen LogP contribution in [0.15, 0.2) is 12.4 Å². The topological polar surface area (TPSA) is 70.3 Å². The molecule has 1 aromatic heterocycles. The number of aliphatic hydroxyl groups is 2. The molecule has 0 spiro atoms. The zero-order valence-corrected chi connectivity index (χ0v) is 10.1. The third-order valence-electron chi connectivity index (χ3n) is 2.81. The molecule has 1 atom stereocenters. The van der Waals surface area contributed by atoms with Gasteiger partial charge in [-0.1, -0.05) is 0 Å². The van der Waals surface area contributed by atoms with Gasteiger partial charge in [-0.2, -0.15) is 5.10 Å². The molecule has 1 aromatic rings. The highest BCUT2D eigenvalue weighted by molar-refractivity contribution is 5.04. The minimum Gasteiger partial charge on any atom is -0.394 e. The molecular formula is C11H21N3O2. The molecule has 92 valence electrons. The molecular weight excluding hydrogens is 206 g/mol. The Balaban J connectivity index is 2.48. The molecule has 0 aliphatic heterocycles. The van der Waals surface area contributed by atoms with Crippen LogP contribution in [0, 0.1) is 0 Å². The number of aromatic nitrogens is 2. The first-order chi connectivity index (χ1) is 7.45. The van der Waals surface area contributed by atoms with Crippen LogP contribution in [0.5, 0.6) is 0 Å². The molecule has 0 aliphatic rings. The van der Waals surface area contributed by atoms with Gasteiger partial charge in [-0.25, -0.2) is 0 Å². The van der Waals surface area contributed by atoms with Gasteiger partial charge in [-0.3, -0.25) is 4.68 Å². The normalized spacial score (nSPS) is 14.1. The van der Waals surface area contributed by atoms with Crippen molar-refractivity contribution in [1.82, 2.24) is 15.1 Å². The van der Waals surface area contributed by atoms with E-state index >= 15 is 0 Å². The van der Waals surface area contributed by atoms with Crippen LogP contribution in [0.25, 0.3) is 0 Å². The van der Waals surface area contributed by atoms with Gasteiger partial charge in [0.25, 0.3) is 0 Å². The zero-order valence-electron chi connectivity index (χ0n) is 10.1. The number of rotatable bonds is 6. The fourth-order valence-corrected chi connectivity index (χ4v) is 1.20. The van der Waals surface area contributed by atoms with E-state index in [1.165, 1.54) is 0 Å². The lowest BCUT2D eigenvalue weighted by molar-refractivity contribution is 0.0956. The quantitative estimate of drug-likeness (QED) is 0.646. The standard InChI is InChI=1S/C11H21N3O2/c1-9(16)11(2,3)12-6-10-7-13-14(8-10)4-5-15/h7-9,12,15-16H,4-6H2,1-3H3. The van der Waals surface area contributed by atoms with Crippen LogP contribution in [0.2, 0.25) is 0 Å². The van der Waals surface area contributed by atoms with Gasteiger partial charge in [-0.05, 0) is 20.8 Å². The SMILES string of the molecule is CC(O)C(C)(C)NCc1cnn(CCO)c1. The Labute approximate surface area is 96.1 Å². The molecule has 1 unspecified atom stereocenters. The zero-order chi connectivity index (χ0) is 12.2. The van der Waals surface area contributed by atoms with Gasteiger partial charge in [0.15, 0.2) is 0 Å². The Morgan fingerprint density at radius 2 is 2.25 bits per heavy atom. The van der Waals surface area contributed by atoms with Crippen molar-refractivity contribution in [1.29, 1.82) is 0 Å². The van der Waals surface area contributed by atoms with E-state index in [2.05, 4.69) is 10.4 Å². The molecule has 1 rings (SSSR count). The van der Waals surface area contributed by atoms with Gasteiger partial charge in [0, 0.05) is 23.8 Å². The van der Waals surface area contributed by atoms with Crippen molar-refractivity contribution in [2.24, 2.45) is 0 Å². The van der Waals surface area contributed by atoms with Crippen LogP contribution in [0.1, 0.15) is 26.3 Å². The van der Waals surface area contributed by atoms with Crippen LogP contribution >= 0.6 is 0 Å². The summed E-state index contributed by atoms with van der Waals surface area (Å²) in [5, 5.41) is 25.7. The smallest absolute Gasteiger partial charge is 0.0688 e. The van der Waals surface area contributed by atoms with Crippen LogP contribution in [-0.4, -0.2) is 38.2 Å². The second-order valence-corrected chi connectivity index (χ2v) is 4.59. The van der Waals surface area contributed by atoms with Crippen molar-refractivity contribution in [3.63, 3.8) is 0 Å². The Kier molecular flexibility index (Phi) is 4.46. The molecule has 0 saturated carbocycles. The molecule has 0 aliphatic carbocycles. The van der Waals surface area contributed by atoms with E-state index in [1.807, 2.05) is 20.0 Å². The molecule has 0 fully saturated rings. The molecule has 0 bridgehead atoms. The molecule has 5 nitrogen and oxygen atoms in total. The van der Waals surface area contributed by atoms with E-state index in [0.717, 1.165) is 5.56 Å². The van der Waals surface area contributed by atoms with Crippen molar-refractivity contribution in [3.05, 3.63) is 18.0 Å². The van der Waals surface area contributed by atoms with Crippen LogP contribution in [-0.2, 0) is 13.1 Å². The minimum atomic E-state index is -0.417. The van der Waals surface area contributed by atoms with Crippen LogP contribution < -0.4 is 5.32 Å². The van der Waals surface area contributed by atoms with E-state index < -0.39 is 6.10 Å². The highest BCUT2D eigenvalue weighted by Crippen LogP contribution is 2.09. The van der Waals surface area contributed by atoms with Gasteiger partial charge >= 0.3 is 0 Å². The fourth-order valence-electron chi connectivity index (χ4n) is 1.20. The molecule has 3 N–H and O–H groups in total. The summed E-state index contributed by atoms with van der Waals surface area (Å²) in [6.45, 7) is 6.94. The summed E-state index contributed by atoms with van der Waals surface area (Å²) in [6, 6.07) is 0. The molecule has 0 aromatic carbocycles. The lowest BCUT2D eigenvalue weighted by Gasteiger charge is -2.29. The highest BCUT2D eigenvalue weighted by atomic mass is 16.3. The fraction of sp³-hybridized carbons (Fsp3) is 0.727. The van der Waals surface area contributed by atoms with E-state index in [9.17, 15) is 5.11 Å². The summed E-state index contributed by atoms with van der Waals surface area (Å²) in [5.74, 6) is 0. The van der Waals surface area contributed by atoms with Crippen LogP contribution in [0.4, 0.5) is 0 Å². The monoisotopic (exact) mass is 227 g/mol. The second-order valence-electron chi connectivity index (χ2n) is 4.59. The summed E-state index contributed by atoms with van der Waals surface area (Å²) in [4.78, 5) is 0. The number of hydrogen-bond acceptors (Lipinski definition) is 4. The second kappa shape index (κ2) is 5.43. The first-order valence-electron chi connectivity index (χ1n) is 5.51. The Hall–Kier alpha value is -0.910. The first-order valence-corrected chi connectivity index (χ1v) is 5.51. The van der Waals surface area contributed by atoms with Crippen molar-refractivity contribution in [2.45, 2.75) is 45.5 Å². The van der Waals surface area contributed by atoms with Crippen LogP contribution in [0.3, 0.4) is 0 Å². The average molecular weight is 227 g/mol. The third-order valence-corrected chi connectivity index (χ3v) is 2.81. The molecule has 1 heterocycles. The van der Waals surface area contributed by atoms with Gasteiger partial charge < -0.3 is 15.5 Å². The minimum absolute atomic E-state index is 0.0910. The largest absolute Gasteiger partial charge is 0.394 e. The van der Waals surface area contributed by atoms with Gasteiger partial charge in [-0.15, -0.1) is 0 Å². The van der Waals surface area contributed by atoms with E-state index in [1.54, 1.807) is 17.8 Å². The van der Waals surface area contributed by atoms with Gasteiger partial charge in [0.2, 0.25) is 0 Å². The number of nitrogens with one attached hydrogen (secondary N) is 1. The van der Waals surface area contributed by atoms with Crippen molar-refractivity contribution in [2.75, 3.05) is 6.61 Å². The molecule has 16 heavy (non-hydrogen) atoms. The molecule has 0 amide bonds. The maximum absolute atomic E-state index is 9.53. The summed E-state index contributed by atoms with van der Waals surface area (Å²) in [5.41, 5.74) is 0.723.